The van der Waals surface area contributed by atoms with Crippen LogP contribution in [-0.2, 0) is 0 Å². The second-order valence-corrected chi connectivity index (χ2v) is 8.22. The van der Waals surface area contributed by atoms with Crippen LogP contribution in [0.5, 0.6) is 23.0 Å². The first-order chi connectivity index (χ1) is 16.1. The van der Waals surface area contributed by atoms with Gasteiger partial charge in [-0.25, -0.2) is 5.01 Å². The number of fused-ring (bicyclic) bond motifs is 3. The normalized spacial score (nSPS) is 18.7. The summed E-state index contributed by atoms with van der Waals surface area (Å²) in [6.45, 7) is 2.50. The highest BCUT2D eigenvalue weighted by Crippen LogP contribution is 2.50. The first-order valence-corrected chi connectivity index (χ1v) is 11.3. The van der Waals surface area contributed by atoms with Gasteiger partial charge in [-0.15, -0.1) is 0 Å². The highest BCUT2D eigenvalue weighted by molar-refractivity contribution is 6.32. The number of nitrogens with zero attached hydrogens (tertiary/aromatic N) is 2. The monoisotopic (exact) mass is 464 g/mol. The Balaban J connectivity index is 1.59. The number of hydrazone groups is 1. The number of benzene rings is 3. The van der Waals surface area contributed by atoms with Crippen LogP contribution in [0.4, 0.5) is 0 Å². The molecular formula is C26H25ClN2O4. The van der Waals surface area contributed by atoms with Gasteiger partial charge in [0, 0.05) is 12.0 Å². The fourth-order valence-corrected chi connectivity index (χ4v) is 4.71. The molecule has 0 saturated heterocycles. The second kappa shape index (κ2) is 8.87. The van der Waals surface area contributed by atoms with E-state index in [2.05, 4.69) is 6.07 Å². The minimum atomic E-state index is -0.467. The maximum atomic E-state index is 6.47. The van der Waals surface area contributed by atoms with Crippen molar-refractivity contribution in [1.82, 2.24) is 5.01 Å². The number of hydrogen-bond acceptors (Lipinski definition) is 6. The topological polar surface area (TPSA) is 52.5 Å². The van der Waals surface area contributed by atoms with Gasteiger partial charge in [0.15, 0.2) is 11.5 Å². The van der Waals surface area contributed by atoms with Gasteiger partial charge in [-0.2, -0.15) is 5.10 Å². The molecule has 2 heterocycles. The highest BCUT2D eigenvalue weighted by Gasteiger charge is 2.42. The molecule has 3 aromatic carbocycles. The van der Waals surface area contributed by atoms with Gasteiger partial charge in [0.25, 0.3) is 0 Å². The van der Waals surface area contributed by atoms with E-state index in [0.29, 0.717) is 28.9 Å². The van der Waals surface area contributed by atoms with Crippen molar-refractivity contribution in [1.29, 1.82) is 0 Å². The molecule has 2 aliphatic rings. The molecule has 0 bridgehead atoms. The molecule has 3 aromatic rings. The summed E-state index contributed by atoms with van der Waals surface area (Å²) in [5, 5.41) is 7.60. The van der Waals surface area contributed by atoms with Crippen LogP contribution in [0.15, 0.2) is 65.8 Å². The van der Waals surface area contributed by atoms with Crippen molar-refractivity contribution < 1.29 is 18.9 Å². The van der Waals surface area contributed by atoms with Crippen molar-refractivity contribution in [2.45, 2.75) is 25.6 Å². The second-order valence-electron chi connectivity index (χ2n) is 7.82. The lowest BCUT2D eigenvalue weighted by Gasteiger charge is -2.38. The molecule has 2 aliphatic heterocycles. The molecular weight excluding hydrogens is 440 g/mol. The lowest BCUT2D eigenvalue weighted by Crippen LogP contribution is -2.34. The largest absolute Gasteiger partial charge is 0.493 e. The van der Waals surface area contributed by atoms with E-state index in [-0.39, 0.29) is 6.04 Å². The number of para-hydroxylation sites is 2. The molecule has 0 N–H and O–H groups in total. The van der Waals surface area contributed by atoms with Crippen molar-refractivity contribution in [3.8, 4) is 23.0 Å². The smallest absolute Gasteiger partial charge is 0.217 e. The molecule has 0 saturated carbocycles. The lowest BCUT2D eigenvalue weighted by molar-refractivity contribution is -0.0205. The minimum Gasteiger partial charge on any atom is -0.493 e. The summed E-state index contributed by atoms with van der Waals surface area (Å²) >= 11 is 6.47. The van der Waals surface area contributed by atoms with Gasteiger partial charge in [0.2, 0.25) is 6.23 Å². The Morgan fingerprint density at radius 3 is 2.58 bits per heavy atom. The van der Waals surface area contributed by atoms with Crippen LogP contribution in [0.2, 0.25) is 5.02 Å². The molecule has 6 nitrogen and oxygen atoms in total. The molecule has 0 amide bonds. The van der Waals surface area contributed by atoms with Gasteiger partial charge in [-0.3, -0.25) is 0 Å². The molecule has 170 valence electrons. The Bertz CT molecular complexity index is 1210. The zero-order valence-electron chi connectivity index (χ0n) is 18.7. The molecule has 5 rings (SSSR count). The van der Waals surface area contributed by atoms with Gasteiger partial charge in [0.05, 0.1) is 43.2 Å². The van der Waals surface area contributed by atoms with Crippen molar-refractivity contribution in [3.05, 3.63) is 82.4 Å². The van der Waals surface area contributed by atoms with Crippen molar-refractivity contribution in [2.75, 3.05) is 20.8 Å². The molecule has 0 fully saturated rings. The average molecular weight is 465 g/mol. The Morgan fingerprint density at radius 2 is 1.82 bits per heavy atom. The third-order valence-corrected chi connectivity index (χ3v) is 6.26. The van der Waals surface area contributed by atoms with Gasteiger partial charge < -0.3 is 18.9 Å². The van der Waals surface area contributed by atoms with E-state index < -0.39 is 6.23 Å². The van der Waals surface area contributed by atoms with Crippen LogP contribution in [-0.4, -0.2) is 31.5 Å². The third-order valence-electron chi connectivity index (χ3n) is 5.96. The van der Waals surface area contributed by atoms with Gasteiger partial charge in [-0.1, -0.05) is 35.9 Å². The van der Waals surface area contributed by atoms with Crippen molar-refractivity contribution >= 4 is 17.3 Å². The Labute approximate surface area is 198 Å². The van der Waals surface area contributed by atoms with E-state index in [1.807, 2.05) is 66.5 Å². The lowest BCUT2D eigenvalue weighted by atomic mass is 9.95. The Morgan fingerprint density at radius 1 is 1.00 bits per heavy atom. The first-order valence-electron chi connectivity index (χ1n) is 10.9. The predicted molar refractivity (Wildman–Crippen MR) is 128 cm³/mol. The van der Waals surface area contributed by atoms with E-state index in [1.165, 1.54) is 0 Å². The van der Waals surface area contributed by atoms with Crippen molar-refractivity contribution in [2.24, 2.45) is 5.10 Å². The number of ether oxygens (including phenoxy) is 4. The maximum Gasteiger partial charge on any atom is 0.217 e. The zero-order chi connectivity index (χ0) is 22.9. The van der Waals surface area contributed by atoms with Crippen LogP contribution >= 0.6 is 11.6 Å². The number of rotatable bonds is 6. The predicted octanol–water partition coefficient (Wildman–Crippen LogP) is 6.00. The van der Waals surface area contributed by atoms with Gasteiger partial charge in [0.1, 0.15) is 11.5 Å². The minimum absolute atomic E-state index is 0.0243. The quantitative estimate of drug-likeness (QED) is 0.448. The molecule has 7 heteroatoms. The molecule has 33 heavy (non-hydrogen) atoms. The summed E-state index contributed by atoms with van der Waals surface area (Å²) in [5.41, 5.74) is 3.86. The fourth-order valence-electron chi connectivity index (χ4n) is 4.47. The molecule has 0 aliphatic carbocycles. The Hall–Kier alpha value is -3.38. The summed E-state index contributed by atoms with van der Waals surface area (Å²) in [6.07, 6.45) is 0.263. The molecule has 0 aromatic heterocycles. The average Bonchev–Trinajstić information content (AvgIpc) is 3.30. The van der Waals surface area contributed by atoms with Crippen LogP contribution in [0.3, 0.4) is 0 Å². The summed E-state index contributed by atoms with van der Waals surface area (Å²) in [6, 6.07) is 19.7. The zero-order valence-corrected chi connectivity index (χ0v) is 19.5. The number of hydrogen-bond donors (Lipinski definition) is 0. The van der Waals surface area contributed by atoms with E-state index in [1.54, 1.807) is 14.2 Å². The molecule has 0 unspecified atom stereocenters. The van der Waals surface area contributed by atoms with E-state index in [0.717, 1.165) is 34.6 Å². The van der Waals surface area contributed by atoms with E-state index >= 15 is 0 Å². The summed E-state index contributed by atoms with van der Waals surface area (Å²) in [5.74, 6) is 2.80. The third kappa shape index (κ3) is 3.74. The molecule has 0 radical (unpaired) electrons. The SMILES string of the molecule is CCOc1ccc(C2=NN3[C@H](C2)c2ccccc2O[C@H]3c2cccc(OC)c2OC)cc1Cl. The Kier molecular flexibility index (Phi) is 5.77. The van der Waals surface area contributed by atoms with Crippen LogP contribution in [0, 0.1) is 0 Å². The molecule has 2 atom stereocenters. The van der Waals surface area contributed by atoms with Crippen LogP contribution in [0.1, 0.15) is 42.3 Å². The highest BCUT2D eigenvalue weighted by atomic mass is 35.5. The fraction of sp³-hybridized carbons (Fsp3) is 0.269. The van der Waals surface area contributed by atoms with Gasteiger partial charge in [-0.05, 0) is 48.9 Å². The number of halogens is 1. The standard InChI is InChI=1S/C26H25ClN2O4/c1-4-32-23-13-12-16(14-19(23)27)20-15-21-17-8-5-6-10-22(17)33-26(29(21)28-20)18-9-7-11-24(30-2)25(18)31-3/h5-14,21,26H,4,15H2,1-3H3/t21-,26+/m1/s1. The van der Waals surface area contributed by atoms with Crippen LogP contribution in [0.25, 0.3) is 0 Å². The van der Waals surface area contributed by atoms with Crippen LogP contribution < -0.4 is 18.9 Å². The number of methoxy groups -OCH3 is 2. The summed E-state index contributed by atoms with van der Waals surface area (Å²) in [4.78, 5) is 0. The molecule has 0 spiro atoms. The van der Waals surface area contributed by atoms with E-state index in [9.17, 15) is 0 Å². The summed E-state index contributed by atoms with van der Waals surface area (Å²) in [7, 11) is 3.26. The maximum absolute atomic E-state index is 6.47. The van der Waals surface area contributed by atoms with Gasteiger partial charge >= 0.3 is 0 Å². The van der Waals surface area contributed by atoms with Crippen molar-refractivity contribution in [3.63, 3.8) is 0 Å². The summed E-state index contributed by atoms with van der Waals surface area (Å²) < 4.78 is 23.3. The first kappa shape index (κ1) is 21.5. The van der Waals surface area contributed by atoms with E-state index in [4.69, 9.17) is 35.6 Å².